The third kappa shape index (κ3) is 4.31. The summed E-state index contributed by atoms with van der Waals surface area (Å²) in [6.45, 7) is 3.89. The summed E-state index contributed by atoms with van der Waals surface area (Å²) in [6.07, 6.45) is 2.24. The van der Waals surface area contributed by atoms with Gasteiger partial charge in [-0.3, -0.25) is 4.79 Å². The van der Waals surface area contributed by atoms with Gasteiger partial charge in [0.2, 0.25) is 0 Å². The second-order valence-corrected chi connectivity index (χ2v) is 7.15. The van der Waals surface area contributed by atoms with Crippen LogP contribution in [0.4, 0.5) is 5.69 Å². The highest BCUT2D eigenvalue weighted by Crippen LogP contribution is 2.30. The van der Waals surface area contributed by atoms with E-state index in [4.69, 9.17) is 11.6 Å². The van der Waals surface area contributed by atoms with Gasteiger partial charge < -0.3 is 5.11 Å². The largest absolute Gasteiger partial charge is 0.478 e. The Bertz CT molecular complexity index is 947. The number of anilines is 1. The van der Waals surface area contributed by atoms with E-state index in [2.05, 4.69) is 5.10 Å². The van der Waals surface area contributed by atoms with Crippen LogP contribution in [-0.2, 0) is 9.59 Å². The zero-order valence-electron chi connectivity index (χ0n) is 15.7. The smallest absolute Gasteiger partial charge is 0.331 e. The molecule has 1 amide bonds. The number of carboxylic acid groups (broad SMARTS) is 1. The van der Waals surface area contributed by atoms with Gasteiger partial charge in [-0.05, 0) is 55.7 Å². The van der Waals surface area contributed by atoms with Crippen LogP contribution in [0.5, 0.6) is 0 Å². The molecule has 1 aliphatic heterocycles. The van der Waals surface area contributed by atoms with Crippen molar-refractivity contribution in [2.45, 2.75) is 26.7 Å². The van der Waals surface area contributed by atoms with Crippen molar-refractivity contribution in [3.05, 3.63) is 70.3 Å². The fourth-order valence-electron chi connectivity index (χ4n) is 3.12. The predicted molar refractivity (Wildman–Crippen MR) is 112 cm³/mol. The molecule has 3 rings (SSSR count). The molecule has 0 spiro atoms. The van der Waals surface area contributed by atoms with Gasteiger partial charge in [-0.15, -0.1) is 0 Å². The van der Waals surface area contributed by atoms with Crippen LogP contribution in [0.2, 0.25) is 5.02 Å². The minimum Gasteiger partial charge on any atom is -0.478 e. The van der Waals surface area contributed by atoms with Crippen molar-refractivity contribution in [2.24, 2.45) is 11.0 Å². The first-order chi connectivity index (χ1) is 13.4. The zero-order valence-corrected chi connectivity index (χ0v) is 16.5. The summed E-state index contributed by atoms with van der Waals surface area (Å²) >= 11 is 5.89. The van der Waals surface area contributed by atoms with Crippen LogP contribution in [0.15, 0.2) is 59.2 Å². The Morgan fingerprint density at radius 1 is 1.18 bits per heavy atom. The second kappa shape index (κ2) is 8.40. The Kier molecular flexibility index (Phi) is 5.95. The Morgan fingerprint density at radius 2 is 1.82 bits per heavy atom. The molecule has 0 aliphatic carbocycles. The molecular formula is C22H21ClN2O3. The van der Waals surface area contributed by atoms with Crippen LogP contribution >= 0.6 is 11.6 Å². The highest BCUT2D eigenvalue weighted by molar-refractivity contribution is 6.30. The molecule has 0 radical (unpaired) electrons. The van der Waals surface area contributed by atoms with E-state index in [1.807, 2.05) is 38.1 Å². The molecule has 1 atom stereocenters. The molecule has 0 saturated heterocycles. The number of halogens is 1. The minimum absolute atomic E-state index is 0.0891. The molecule has 2 aromatic rings. The summed E-state index contributed by atoms with van der Waals surface area (Å²) in [4.78, 5) is 24.8. The molecule has 2 aromatic carbocycles. The first kappa shape index (κ1) is 19.8. The molecule has 144 valence electrons. The molecule has 0 saturated carbocycles. The standard InChI is InChI=1S/C22H21ClN2O3/c1-3-20-19(21(26)25(24-20)18-10-4-14(2)5-11-18)13-16(22(27)28)12-15-6-8-17(23)9-7-15/h4-12,19H,3,13H2,1-2H3,(H,27,28). The number of carbonyl (C=O) groups is 2. The van der Waals surface area contributed by atoms with Crippen LogP contribution < -0.4 is 5.01 Å². The number of rotatable bonds is 6. The van der Waals surface area contributed by atoms with Gasteiger partial charge in [0.15, 0.2) is 0 Å². The number of benzene rings is 2. The maximum atomic E-state index is 13.0. The van der Waals surface area contributed by atoms with Crippen LogP contribution in [0.3, 0.4) is 0 Å². The fourth-order valence-corrected chi connectivity index (χ4v) is 3.24. The maximum absolute atomic E-state index is 13.0. The minimum atomic E-state index is -1.05. The number of hydrogen-bond acceptors (Lipinski definition) is 3. The molecule has 28 heavy (non-hydrogen) atoms. The normalized spacial score (nSPS) is 17.0. The average molecular weight is 397 g/mol. The highest BCUT2D eigenvalue weighted by Gasteiger charge is 2.37. The van der Waals surface area contributed by atoms with Crippen molar-refractivity contribution in [3.63, 3.8) is 0 Å². The Balaban J connectivity index is 1.87. The molecule has 0 fully saturated rings. The lowest BCUT2D eigenvalue weighted by Gasteiger charge is -2.15. The van der Waals surface area contributed by atoms with Crippen LogP contribution in [-0.4, -0.2) is 22.7 Å². The first-order valence-electron chi connectivity index (χ1n) is 9.06. The molecule has 6 heteroatoms. The van der Waals surface area contributed by atoms with E-state index in [0.717, 1.165) is 11.1 Å². The van der Waals surface area contributed by atoms with Gasteiger partial charge in [0, 0.05) is 10.6 Å². The van der Waals surface area contributed by atoms with Gasteiger partial charge >= 0.3 is 5.97 Å². The van der Waals surface area contributed by atoms with Crippen molar-refractivity contribution in [1.82, 2.24) is 0 Å². The number of carboxylic acids is 1. The second-order valence-electron chi connectivity index (χ2n) is 6.71. The van der Waals surface area contributed by atoms with Crippen LogP contribution in [0.1, 0.15) is 30.9 Å². The number of nitrogens with zero attached hydrogens (tertiary/aromatic N) is 2. The van der Waals surface area contributed by atoms with E-state index in [1.54, 1.807) is 30.3 Å². The summed E-state index contributed by atoms with van der Waals surface area (Å²) in [5.41, 5.74) is 3.34. The third-order valence-electron chi connectivity index (χ3n) is 4.69. The Labute approximate surface area is 168 Å². The quantitative estimate of drug-likeness (QED) is 0.703. The van der Waals surface area contributed by atoms with Gasteiger partial charge in [-0.1, -0.05) is 48.4 Å². The number of carbonyl (C=O) groups excluding carboxylic acids is 1. The van der Waals surface area contributed by atoms with Crippen LogP contribution in [0.25, 0.3) is 6.08 Å². The topological polar surface area (TPSA) is 70.0 Å². The average Bonchev–Trinajstić information content (AvgIpc) is 2.99. The van der Waals surface area contributed by atoms with E-state index in [9.17, 15) is 14.7 Å². The third-order valence-corrected chi connectivity index (χ3v) is 4.94. The number of aryl methyl sites for hydroxylation is 1. The Hall–Kier alpha value is -2.92. The van der Waals surface area contributed by atoms with Gasteiger partial charge in [-0.2, -0.15) is 5.10 Å². The van der Waals surface area contributed by atoms with Gasteiger partial charge in [0.25, 0.3) is 5.91 Å². The molecule has 1 heterocycles. The molecule has 5 nitrogen and oxygen atoms in total. The number of aliphatic carboxylic acids is 1. The molecule has 1 aliphatic rings. The summed E-state index contributed by atoms with van der Waals surface area (Å²) in [5, 5.41) is 16.1. The van der Waals surface area contributed by atoms with Crippen molar-refractivity contribution >= 4 is 41.0 Å². The van der Waals surface area contributed by atoms with Crippen molar-refractivity contribution in [3.8, 4) is 0 Å². The van der Waals surface area contributed by atoms with Crippen molar-refractivity contribution < 1.29 is 14.7 Å². The van der Waals surface area contributed by atoms with E-state index in [1.165, 1.54) is 5.01 Å². The SMILES string of the molecule is CCC1=NN(c2ccc(C)cc2)C(=O)C1CC(=Cc1ccc(Cl)cc1)C(=O)O. The summed E-state index contributed by atoms with van der Waals surface area (Å²) in [7, 11) is 0. The van der Waals surface area contributed by atoms with E-state index < -0.39 is 11.9 Å². The van der Waals surface area contributed by atoms with Gasteiger partial charge in [0.05, 0.1) is 17.3 Å². The summed E-state index contributed by atoms with van der Waals surface area (Å²) < 4.78 is 0. The maximum Gasteiger partial charge on any atom is 0.331 e. The first-order valence-corrected chi connectivity index (χ1v) is 9.44. The molecule has 1 unspecified atom stereocenters. The number of hydrogen-bond donors (Lipinski definition) is 1. The van der Waals surface area contributed by atoms with Crippen molar-refractivity contribution in [1.29, 1.82) is 0 Å². The van der Waals surface area contributed by atoms with E-state index >= 15 is 0 Å². The lowest BCUT2D eigenvalue weighted by molar-refractivity contribution is -0.132. The fraction of sp³-hybridized carbons (Fsp3) is 0.227. The zero-order chi connectivity index (χ0) is 20.3. The highest BCUT2D eigenvalue weighted by atomic mass is 35.5. The summed E-state index contributed by atoms with van der Waals surface area (Å²) in [6, 6.07) is 14.4. The lowest BCUT2D eigenvalue weighted by Crippen LogP contribution is -2.28. The summed E-state index contributed by atoms with van der Waals surface area (Å²) in [5.74, 6) is -1.84. The number of amides is 1. The lowest BCUT2D eigenvalue weighted by atomic mass is 9.92. The molecule has 0 bridgehead atoms. The Morgan fingerprint density at radius 3 is 2.39 bits per heavy atom. The number of hydrazone groups is 1. The van der Waals surface area contributed by atoms with Crippen molar-refractivity contribution in [2.75, 3.05) is 5.01 Å². The van der Waals surface area contributed by atoms with Gasteiger partial charge in [0.1, 0.15) is 0 Å². The van der Waals surface area contributed by atoms with Gasteiger partial charge in [-0.25, -0.2) is 9.80 Å². The van der Waals surface area contributed by atoms with Crippen LogP contribution in [0, 0.1) is 12.8 Å². The van der Waals surface area contributed by atoms with E-state index in [0.29, 0.717) is 22.8 Å². The molecular weight excluding hydrogens is 376 g/mol. The monoisotopic (exact) mass is 396 g/mol. The molecule has 1 N–H and O–H groups in total. The van der Waals surface area contributed by atoms with E-state index in [-0.39, 0.29) is 17.9 Å². The molecule has 0 aromatic heterocycles. The predicted octanol–water partition coefficient (Wildman–Crippen LogP) is 4.94.